The average molecular weight is 433 g/mol. The predicted octanol–water partition coefficient (Wildman–Crippen LogP) is 6.67. The topological polar surface area (TPSA) is 7.94 Å². The van der Waals surface area contributed by atoms with E-state index in [0.29, 0.717) is 41.2 Å². The van der Waals surface area contributed by atoms with Crippen LogP contribution in [0.15, 0.2) is 35.0 Å². The van der Waals surface area contributed by atoms with E-state index in [-0.39, 0.29) is 10.6 Å². The molecule has 1 aromatic carbocycles. The molecule has 0 unspecified atom stereocenters. The van der Waals surface area contributed by atoms with Gasteiger partial charge >= 0.3 is 6.97 Å². The molecule has 30 heavy (non-hydrogen) atoms. The molecule has 2 aliphatic heterocycles. The van der Waals surface area contributed by atoms with E-state index in [0.717, 1.165) is 31.2 Å². The first kappa shape index (κ1) is 21.0. The van der Waals surface area contributed by atoms with Crippen LogP contribution in [-0.2, 0) is 6.42 Å². The lowest BCUT2D eigenvalue weighted by atomic mass is 9.83. The fraction of sp³-hybridized carbons (Fsp3) is 0.348. The average Bonchev–Trinajstić information content (AvgIpc) is 3.08. The van der Waals surface area contributed by atoms with Gasteiger partial charge in [0.05, 0.1) is 10.6 Å². The van der Waals surface area contributed by atoms with E-state index in [1.165, 1.54) is 12.1 Å². The maximum Gasteiger partial charge on any atom is 0.737 e. The first-order valence-electron chi connectivity index (χ1n) is 10.3. The Kier molecular flexibility index (Phi) is 4.85. The van der Waals surface area contributed by atoms with Gasteiger partial charge in [-0.3, -0.25) is 0 Å². The first-order valence-corrected chi connectivity index (χ1v) is 10.7. The molecule has 158 valence electrons. The van der Waals surface area contributed by atoms with Crippen LogP contribution in [0.1, 0.15) is 62.2 Å². The van der Waals surface area contributed by atoms with Crippen molar-refractivity contribution in [1.82, 2.24) is 4.48 Å². The van der Waals surface area contributed by atoms with E-state index in [2.05, 4.69) is 0 Å². The van der Waals surface area contributed by atoms with E-state index in [1.54, 1.807) is 19.9 Å². The Labute approximate surface area is 180 Å². The van der Waals surface area contributed by atoms with Gasteiger partial charge in [0.15, 0.2) is 5.70 Å². The Balaban J connectivity index is 2.29. The van der Waals surface area contributed by atoms with Crippen LogP contribution in [0.2, 0.25) is 5.02 Å². The van der Waals surface area contributed by atoms with E-state index in [4.69, 9.17) is 11.6 Å². The van der Waals surface area contributed by atoms with Crippen LogP contribution in [0.3, 0.4) is 0 Å². The molecule has 1 aromatic heterocycles. The molecule has 0 saturated carbocycles. The van der Waals surface area contributed by atoms with Crippen molar-refractivity contribution in [3.05, 3.63) is 74.0 Å². The van der Waals surface area contributed by atoms with Gasteiger partial charge in [-0.15, -0.1) is 0 Å². The lowest BCUT2D eigenvalue weighted by molar-refractivity contribution is -0.363. The number of hydrogen-bond acceptors (Lipinski definition) is 0. The van der Waals surface area contributed by atoms with Crippen molar-refractivity contribution in [1.29, 1.82) is 0 Å². The van der Waals surface area contributed by atoms with E-state index >= 15 is 13.0 Å². The molecular weight excluding hydrogens is 408 g/mol. The zero-order chi connectivity index (χ0) is 22.1. The third-order valence-corrected chi connectivity index (χ3v) is 7.02. The van der Waals surface area contributed by atoms with Crippen LogP contribution in [-0.4, -0.2) is 21.6 Å². The lowest BCUT2D eigenvalue weighted by Gasteiger charge is -2.34. The Morgan fingerprint density at radius 1 is 1.07 bits per heavy atom. The number of rotatable bonds is 3. The number of hydrogen-bond donors (Lipinski definition) is 0. The van der Waals surface area contributed by atoms with Crippen molar-refractivity contribution in [2.75, 3.05) is 0 Å². The van der Waals surface area contributed by atoms with Crippen LogP contribution in [0.4, 0.5) is 13.0 Å². The van der Waals surface area contributed by atoms with Gasteiger partial charge in [-0.1, -0.05) is 31.5 Å². The minimum atomic E-state index is -4.13. The summed E-state index contributed by atoms with van der Waals surface area (Å²) in [5, 5.41) is 0.216. The van der Waals surface area contributed by atoms with Crippen molar-refractivity contribution < 1.29 is 17.5 Å². The highest BCUT2D eigenvalue weighted by molar-refractivity contribution is 6.58. The number of aromatic nitrogens is 1. The second kappa shape index (κ2) is 6.91. The Hall–Kier alpha value is -2.21. The van der Waals surface area contributed by atoms with E-state index in [9.17, 15) is 0 Å². The third kappa shape index (κ3) is 2.49. The highest BCUT2D eigenvalue weighted by atomic mass is 35.5. The SMILES string of the molecule is CCC1=C(C)C2=C(c3c(F)cccc3Cl)c3c(C)c(CC)c(C)n3[B-](F)(F)[N+]2=C1C. The van der Waals surface area contributed by atoms with Crippen LogP contribution in [0.25, 0.3) is 5.57 Å². The minimum Gasteiger partial charge on any atom is -0.393 e. The van der Waals surface area contributed by atoms with Gasteiger partial charge in [-0.05, 0) is 62.6 Å². The molecule has 0 spiro atoms. The number of nitrogens with zero attached hydrogens (tertiary/aromatic N) is 2. The molecule has 0 aliphatic carbocycles. The van der Waals surface area contributed by atoms with Crippen LogP contribution >= 0.6 is 11.6 Å². The maximum absolute atomic E-state index is 16.1. The summed E-state index contributed by atoms with van der Waals surface area (Å²) in [6, 6.07) is 4.47. The third-order valence-electron chi connectivity index (χ3n) is 6.71. The van der Waals surface area contributed by atoms with Crippen LogP contribution < -0.4 is 0 Å². The van der Waals surface area contributed by atoms with Gasteiger partial charge in [-0.25, -0.2) is 4.39 Å². The summed E-state index contributed by atoms with van der Waals surface area (Å²) < 4.78 is 49.6. The molecule has 2 aromatic rings. The first-order chi connectivity index (χ1) is 14.1. The number of allylic oxidation sites excluding steroid dienone is 2. The summed E-state index contributed by atoms with van der Waals surface area (Å²) in [6.45, 7) is 6.92. The van der Waals surface area contributed by atoms with Crippen molar-refractivity contribution in [3.63, 3.8) is 0 Å². The predicted molar refractivity (Wildman–Crippen MR) is 118 cm³/mol. The number of fused-ring (bicyclic) bond motifs is 2. The van der Waals surface area contributed by atoms with Gasteiger partial charge in [0.1, 0.15) is 11.5 Å². The second-order valence-corrected chi connectivity index (χ2v) is 8.49. The standard InChI is InChI=1S/C23H25BClF3N2/c1-7-16-12(3)22-21(20-18(25)10-9-11-19(20)26)23-13(4)17(8-2)15(6)30(23)24(27,28)29(22)14(16)5/h9-11H,7-8H2,1-6H3. The molecule has 7 heteroatoms. The van der Waals surface area contributed by atoms with Crippen molar-refractivity contribution >= 4 is 29.9 Å². The van der Waals surface area contributed by atoms with Crippen molar-refractivity contribution in [2.24, 2.45) is 0 Å². The lowest BCUT2D eigenvalue weighted by Crippen LogP contribution is -2.51. The molecule has 0 N–H and O–H groups in total. The monoisotopic (exact) mass is 432 g/mol. The quantitative estimate of drug-likeness (QED) is 0.479. The summed E-state index contributed by atoms with van der Waals surface area (Å²) in [7, 11) is 0. The number of benzene rings is 1. The summed E-state index contributed by atoms with van der Waals surface area (Å²) in [5.41, 5.74) is 5.67. The normalized spacial score (nSPS) is 17.8. The molecule has 2 nitrogen and oxygen atoms in total. The Morgan fingerprint density at radius 2 is 1.73 bits per heavy atom. The van der Waals surface area contributed by atoms with Gasteiger partial charge in [0.2, 0.25) is 0 Å². The van der Waals surface area contributed by atoms with E-state index in [1.807, 2.05) is 27.7 Å². The molecule has 4 rings (SSSR count). The van der Waals surface area contributed by atoms with Gasteiger partial charge < -0.3 is 17.6 Å². The molecule has 3 heterocycles. The Bertz CT molecular complexity index is 1180. The van der Waals surface area contributed by atoms with Crippen molar-refractivity contribution in [3.8, 4) is 0 Å². The fourth-order valence-electron chi connectivity index (χ4n) is 5.45. The van der Waals surface area contributed by atoms with E-state index < -0.39 is 12.8 Å². The molecule has 0 atom stereocenters. The number of halogens is 4. The molecule has 0 amide bonds. The smallest absolute Gasteiger partial charge is 0.393 e. The summed E-state index contributed by atoms with van der Waals surface area (Å²) in [6.07, 6.45) is 1.24. The minimum absolute atomic E-state index is 0.180. The zero-order valence-electron chi connectivity index (χ0n) is 18.1. The summed E-state index contributed by atoms with van der Waals surface area (Å²) >= 11 is 6.47. The largest absolute Gasteiger partial charge is 0.737 e. The van der Waals surface area contributed by atoms with Crippen LogP contribution in [0, 0.1) is 19.7 Å². The molecule has 2 aliphatic rings. The Morgan fingerprint density at radius 3 is 2.30 bits per heavy atom. The maximum atomic E-state index is 16.1. The highest BCUT2D eigenvalue weighted by Gasteiger charge is 2.57. The van der Waals surface area contributed by atoms with Crippen molar-refractivity contribution in [2.45, 2.75) is 54.4 Å². The molecule has 0 fully saturated rings. The molecule has 0 bridgehead atoms. The molecule has 0 radical (unpaired) electrons. The molecular formula is C23H25BClF3N2. The summed E-state index contributed by atoms with van der Waals surface area (Å²) in [5.74, 6) is -0.513. The zero-order valence-corrected chi connectivity index (χ0v) is 18.9. The summed E-state index contributed by atoms with van der Waals surface area (Å²) in [4.78, 5) is 0. The highest BCUT2D eigenvalue weighted by Crippen LogP contribution is 2.48. The second-order valence-electron chi connectivity index (χ2n) is 8.08. The molecule has 0 saturated heterocycles. The van der Waals surface area contributed by atoms with Gasteiger partial charge in [-0.2, -0.15) is 0 Å². The van der Waals surface area contributed by atoms with Crippen LogP contribution in [0.5, 0.6) is 0 Å². The fourth-order valence-corrected chi connectivity index (χ4v) is 5.71. The van der Waals surface area contributed by atoms with Gasteiger partial charge in [0.25, 0.3) is 0 Å². The van der Waals surface area contributed by atoms with Gasteiger partial charge in [0, 0.05) is 29.3 Å².